The summed E-state index contributed by atoms with van der Waals surface area (Å²) in [7, 11) is 5.47. The Morgan fingerprint density at radius 2 is 1.71 bits per heavy atom. The summed E-state index contributed by atoms with van der Waals surface area (Å²) in [5.74, 6) is 3.42. The van der Waals surface area contributed by atoms with E-state index in [0.717, 1.165) is 59.5 Å². The molecule has 3 heterocycles. The molecule has 7 heteroatoms. The van der Waals surface area contributed by atoms with Crippen LogP contribution in [0.2, 0.25) is 0 Å². The molecule has 4 aromatic rings. The minimum Gasteiger partial charge on any atom is -0.493 e. The zero-order chi connectivity index (χ0) is 23.8. The van der Waals surface area contributed by atoms with Gasteiger partial charge in [-0.1, -0.05) is 13.8 Å². The molecular weight excluding hydrogens is 428 g/mol. The summed E-state index contributed by atoms with van der Waals surface area (Å²) in [4.78, 5) is 5.97. The maximum absolute atomic E-state index is 6.16. The quantitative estimate of drug-likeness (QED) is 0.390. The normalized spacial score (nSPS) is 15.4. The molecule has 0 saturated carbocycles. The number of benzene rings is 2. The van der Waals surface area contributed by atoms with E-state index in [0.29, 0.717) is 29.2 Å². The molecule has 1 aliphatic rings. The zero-order valence-corrected chi connectivity index (χ0v) is 20.5. The number of rotatable bonds is 6. The minimum atomic E-state index is 0.310. The minimum absolute atomic E-state index is 0.310. The van der Waals surface area contributed by atoms with Crippen molar-refractivity contribution in [3.63, 3.8) is 0 Å². The Balaban J connectivity index is 1.54. The second kappa shape index (κ2) is 9.14. The fraction of sp³-hybridized carbons (Fsp3) is 0.407. The van der Waals surface area contributed by atoms with Gasteiger partial charge in [0.05, 0.1) is 19.9 Å². The molecule has 1 aliphatic heterocycles. The zero-order valence-electron chi connectivity index (χ0n) is 20.5. The van der Waals surface area contributed by atoms with Crippen molar-refractivity contribution < 1.29 is 13.9 Å². The van der Waals surface area contributed by atoms with Crippen molar-refractivity contribution >= 4 is 10.9 Å². The van der Waals surface area contributed by atoms with Gasteiger partial charge in [-0.15, -0.1) is 10.2 Å². The second-order valence-corrected chi connectivity index (χ2v) is 9.42. The van der Waals surface area contributed by atoms with E-state index in [-0.39, 0.29) is 0 Å². The number of hydrogen-bond donors (Lipinski definition) is 1. The number of hydrogen-bond acceptors (Lipinski definition) is 6. The van der Waals surface area contributed by atoms with Gasteiger partial charge in [-0.25, -0.2) is 0 Å². The van der Waals surface area contributed by atoms with E-state index >= 15 is 0 Å². The molecule has 178 valence electrons. The molecule has 1 N–H and O–H groups in total. The summed E-state index contributed by atoms with van der Waals surface area (Å²) in [6, 6.07) is 12.3. The smallest absolute Gasteiger partial charge is 0.247 e. The molecule has 1 saturated heterocycles. The lowest BCUT2D eigenvalue weighted by Gasteiger charge is -2.26. The number of methoxy groups -OCH3 is 2. The number of aromatic amines is 1. The summed E-state index contributed by atoms with van der Waals surface area (Å²) in [6.45, 7) is 6.55. The van der Waals surface area contributed by atoms with Crippen LogP contribution in [0.5, 0.6) is 11.5 Å². The van der Waals surface area contributed by atoms with Gasteiger partial charge >= 0.3 is 0 Å². The highest BCUT2D eigenvalue weighted by molar-refractivity contribution is 5.94. The van der Waals surface area contributed by atoms with E-state index in [2.05, 4.69) is 59.2 Å². The van der Waals surface area contributed by atoms with Crippen LogP contribution in [0.1, 0.15) is 50.0 Å². The van der Waals surface area contributed by atoms with Crippen molar-refractivity contribution in [2.45, 2.75) is 38.5 Å². The molecule has 0 unspecified atom stereocenters. The third-order valence-corrected chi connectivity index (χ3v) is 6.84. The second-order valence-electron chi connectivity index (χ2n) is 9.42. The number of likely N-dealkylation sites (tertiary alicyclic amines) is 1. The van der Waals surface area contributed by atoms with E-state index < -0.39 is 0 Å². The number of aromatic nitrogens is 3. The molecule has 5 rings (SSSR count). The Morgan fingerprint density at radius 1 is 0.971 bits per heavy atom. The molecule has 2 aromatic heterocycles. The first-order chi connectivity index (χ1) is 16.5. The lowest BCUT2D eigenvalue weighted by atomic mass is 9.95. The number of ether oxygens (including phenoxy) is 2. The average molecular weight is 461 g/mol. The van der Waals surface area contributed by atoms with E-state index in [1.54, 1.807) is 14.2 Å². The van der Waals surface area contributed by atoms with E-state index in [1.165, 1.54) is 5.56 Å². The van der Waals surface area contributed by atoms with Crippen LogP contribution in [0.15, 0.2) is 40.8 Å². The van der Waals surface area contributed by atoms with Gasteiger partial charge in [0.15, 0.2) is 11.5 Å². The number of nitrogens with zero attached hydrogens (tertiary/aromatic N) is 3. The van der Waals surface area contributed by atoms with E-state index in [4.69, 9.17) is 13.9 Å². The number of fused-ring (bicyclic) bond motifs is 1. The fourth-order valence-electron chi connectivity index (χ4n) is 4.94. The highest BCUT2D eigenvalue weighted by Crippen LogP contribution is 2.40. The molecule has 0 amide bonds. The van der Waals surface area contributed by atoms with E-state index in [9.17, 15) is 0 Å². The van der Waals surface area contributed by atoms with E-state index in [1.807, 2.05) is 18.2 Å². The van der Waals surface area contributed by atoms with Gasteiger partial charge in [-0.3, -0.25) is 0 Å². The summed E-state index contributed by atoms with van der Waals surface area (Å²) >= 11 is 0. The Hall–Kier alpha value is -3.32. The van der Waals surface area contributed by atoms with Crippen molar-refractivity contribution in [3.8, 4) is 34.2 Å². The molecule has 34 heavy (non-hydrogen) atoms. The standard InChI is InChI=1S/C27H32N4O3/c1-16(2)24-20-14-19(27-30-29-26(34-27)17-10-12-31(3)13-11-17)6-8-21(20)28-25(24)18-7-9-22(32-4)23(15-18)33-5/h6-9,14-17,28H,10-13H2,1-5H3. The summed E-state index contributed by atoms with van der Waals surface area (Å²) < 4.78 is 17.1. The third-order valence-electron chi connectivity index (χ3n) is 6.84. The molecule has 0 radical (unpaired) electrons. The first kappa shape index (κ1) is 22.5. The highest BCUT2D eigenvalue weighted by atomic mass is 16.5. The number of piperidine rings is 1. The monoisotopic (exact) mass is 460 g/mol. The van der Waals surface area contributed by atoms with Crippen molar-refractivity contribution in [1.29, 1.82) is 0 Å². The van der Waals surface area contributed by atoms with Crippen molar-refractivity contribution in [2.24, 2.45) is 0 Å². The lowest BCUT2D eigenvalue weighted by Crippen LogP contribution is -2.29. The maximum atomic E-state index is 6.16. The molecule has 0 bridgehead atoms. The van der Waals surface area contributed by atoms with Gasteiger partial charge in [0.25, 0.3) is 0 Å². The molecule has 0 aliphatic carbocycles. The van der Waals surface area contributed by atoms with Crippen molar-refractivity contribution in [2.75, 3.05) is 34.4 Å². The largest absolute Gasteiger partial charge is 0.493 e. The van der Waals surface area contributed by atoms with Crippen LogP contribution in [0.25, 0.3) is 33.6 Å². The van der Waals surface area contributed by atoms with Crippen molar-refractivity contribution in [3.05, 3.63) is 47.9 Å². The van der Waals surface area contributed by atoms with Crippen LogP contribution in [-0.4, -0.2) is 54.4 Å². The van der Waals surface area contributed by atoms with Crippen molar-refractivity contribution in [1.82, 2.24) is 20.1 Å². The average Bonchev–Trinajstić information content (AvgIpc) is 3.49. The topological polar surface area (TPSA) is 76.4 Å². The van der Waals surface area contributed by atoms with Crippen LogP contribution < -0.4 is 9.47 Å². The molecular formula is C27H32N4O3. The van der Waals surface area contributed by atoms with Gasteiger partial charge in [0, 0.05) is 27.9 Å². The highest BCUT2D eigenvalue weighted by Gasteiger charge is 2.24. The van der Waals surface area contributed by atoms with Crippen LogP contribution in [-0.2, 0) is 0 Å². The van der Waals surface area contributed by atoms with Gasteiger partial charge < -0.3 is 23.8 Å². The summed E-state index contributed by atoms with van der Waals surface area (Å²) in [5.41, 5.74) is 5.41. The van der Waals surface area contributed by atoms with Crippen LogP contribution >= 0.6 is 0 Å². The SMILES string of the molecule is COc1ccc(-c2[nH]c3ccc(-c4nnc(C5CCN(C)CC5)o4)cc3c2C(C)C)cc1OC. The Morgan fingerprint density at radius 3 is 2.41 bits per heavy atom. The van der Waals surface area contributed by atoms with Crippen LogP contribution in [0.3, 0.4) is 0 Å². The molecule has 0 atom stereocenters. The van der Waals surface area contributed by atoms with Crippen LogP contribution in [0, 0.1) is 0 Å². The molecule has 0 spiro atoms. The third kappa shape index (κ3) is 4.05. The molecule has 2 aromatic carbocycles. The Kier molecular flexibility index (Phi) is 6.04. The lowest BCUT2D eigenvalue weighted by molar-refractivity contribution is 0.237. The first-order valence-electron chi connectivity index (χ1n) is 11.9. The Labute approximate surface area is 200 Å². The maximum Gasteiger partial charge on any atom is 0.247 e. The fourth-order valence-corrected chi connectivity index (χ4v) is 4.94. The summed E-state index contributed by atoms with van der Waals surface area (Å²) in [6.07, 6.45) is 2.11. The summed E-state index contributed by atoms with van der Waals surface area (Å²) in [5, 5.41) is 9.96. The van der Waals surface area contributed by atoms with Gasteiger partial charge in [-0.2, -0.15) is 0 Å². The van der Waals surface area contributed by atoms with Gasteiger partial charge in [0.2, 0.25) is 11.8 Å². The first-order valence-corrected chi connectivity index (χ1v) is 11.9. The van der Waals surface area contributed by atoms with Gasteiger partial charge in [0.1, 0.15) is 0 Å². The molecule has 1 fully saturated rings. The number of H-pyrrole nitrogens is 1. The number of nitrogens with one attached hydrogen (secondary N) is 1. The predicted molar refractivity (Wildman–Crippen MR) is 134 cm³/mol. The predicted octanol–water partition coefficient (Wildman–Crippen LogP) is 5.83. The van der Waals surface area contributed by atoms with Crippen LogP contribution in [0.4, 0.5) is 0 Å². The Bertz CT molecular complexity index is 1300. The van der Waals surface area contributed by atoms with Gasteiger partial charge in [-0.05, 0) is 80.9 Å². The molecule has 7 nitrogen and oxygen atoms in total.